The molecule has 174 valence electrons. The summed E-state index contributed by atoms with van der Waals surface area (Å²) in [5.41, 5.74) is 6.68. The highest BCUT2D eigenvalue weighted by atomic mass is 32.1. The van der Waals surface area contributed by atoms with Crippen molar-refractivity contribution < 1.29 is 14.5 Å². The lowest BCUT2D eigenvalue weighted by atomic mass is 9.59. The smallest absolute Gasteiger partial charge is 0.194 e. The highest BCUT2D eigenvalue weighted by Crippen LogP contribution is 2.53. The number of nitrogens with zero attached hydrogens (tertiary/aromatic N) is 1. The van der Waals surface area contributed by atoms with Crippen LogP contribution in [-0.4, -0.2) is 21.9 Å². The number of anilines is 1. The number of methoxy groups -OCH3 is 1. The molecule has 0 radical (unpaired) electrons. The second-order valence-corrected chi connectivity index (χ2v) is 11.6. The van der Waals surface area contributed by atoms with Gasteiger partial charge >= 0.3 is 0 Å². The first-order chi connectivity index (χ1) is 15.9. The van der Waals surface area contributed by atoms with Crippen LogP contribution < -0.4 is 10.1 Å². The summed E-state index contributed by atoms with van der Waals surface area (Å²) in [4.78, 5) is 24.8. The molecule has 2 aromatic carbocycles. The number of fused-ring (bicyclic) bond motifs is 1. The Bertz CT molecular complexity index is 1110. The van der Waals surface area contributed by atoms with Gasteiger partial charge in [0.2, 0.25) is 0 Å². The van der Waals surface area contributed by atoms with Gasteiger partial charge < -0.3 is 19.8 Å². The second-order valence-electron chi connectivity index (χ2n) is 9.57. The fourth-order valence-corrected chi connectivity index (χ4v) is 6.88. The van der Waals surface area contributed by atoms with Gasteiger partial charge in [0.05, 0.1) is 12.8 Å². The van der Waals surface area contributed by atoms with Gasteiger partial charge in [0.15, 0.2) is 13.5 Å². The summed E-state index contributed by atoms with van der Waals surface area (Å²) < 4.78 is 5.20. The first-order valence-corrected chi connectivity index (χ1v) is 13.8. The minimum atomic E-state index is -2.21. The quantitative estimate of drug-likeness (QED) is 0.346. The number of benzene rings is 2. The van der Waals surface area contributed by atoms with Crippen molar-refractivity contribution in [3.63, 3.8) is 0 Å². The van der Waals surface area contributed by atoms with E-state index < -0.39 is 14.2 Å². The van der Waals surface area contributed by atoms with Crippen LogP contribution in [0, 0.1) is 0 Å². The molecule has 3 aromatic rings. The molecule has 1 saturated carbocycles. The predicted molar refractivity (Wildman–Crippen MR) is 135 cm³/mol. The minimum absolute atomic E-state index is 0.213. The molecule has 1 unspecified atom stereocenters. The van der Waals surface area contributed by atoms with Gasteiger partial charge in [0.25, 0.3) is 0 Å². The van der Waals surface area contributed by atoms with Crippen molar-refractivity contribution >= 4 is 24.8 Å². The van der Waals surface area contributed by atoms with Crippen molar-refractivity contribution in [2.24, 2.45) is 0 Å². The predicted octanol–water partition coefficient (Wildman–Crippen LogP) is 6.27. The summed E-state index contributed by atoms with van der Waals surface area (Å²) in [7, 11) is -0.594. The lowest BCUT2D eigenvalue weighted by Crippen LogP contribution is -2.37. The maximum Gasteiger partial charge on any atom is 0.194 e. The highest BCUT2D eigenvalue weighted by molar-refractivity contribution is 7.45. The summed E-state index contributed by atoms with van der Waals surface area (Å²) in [6, 6.07) is 14.5. The van der Waals surface area contributed by atoms with Gasteiger partial charge in [-0.1, -0.05) is 37.3 Å². The monoisotopic (exact) mass is 482 g/mol. The van der Waals surface area contributed by atoms with E-state index in [1.54, 1.807) is 18.2 Å². The number of thiazole rings is 1. The SMILES string of the molecule is COc1ccc(C(Nc2nc(C3CC(C)(c4ccc5c(c4)CCCC5)C3)cs2)P(O)O)cc1. The Morgan fingerprint density at radius 3 is 2.52 bits per heavy atom. The molecular formula is C26H31N2O3PS. The van der Waals surface area contributed by atoms with Crippen LogP contribution in [0.2, 0.25) is 0 Å². The third-order valence-corrected chi connectivity index (χ3v) is 8.98. The van der Waals surface area contributed by atoms with Gasteiger partial charge in [-0.05, 0) is 78.3 Å². The average Bonchev–Trinajstić information content (AvgIpc) is 3.28. The first kappa shape index (κ1) is 22.8. The summed E-state index contributed by atoms with van der Waals surface area (Å²) in [5, 5.41) is 6.08. The van der Waals surface area contributed by atoms with Crippen molar-refractivity contribution in [1.82, 2.24) is 4.98 Å². The number of ether oxygens (including phenoxy) is 1. The fraction of sp³-hybridized carbons (Fsp3) is 0.423. The van der Waals surface area contributed by atoms with E-state index in [0.717, 1.165) is 35.0 Å². The van der Waals surface area contributed by atoms with Gasteiger partial charge in [-0.3, -0.25) is 0 Å². The summed E-state index contributed by atoms with van der Waals surface area (Å²) >= 11 is 1.53. The molecule has 2 aliphatic carbocycles. The molecule has 1 aromatic heterocycles. The fourth-order valence-electron chi connectivity index (χ4n) is 5.30. The molecule has 7 heteroatoms. The van der Waals surface area contributed by atoms with E-state index >= 15 is 0 Å². The van der Waals surface area contributed by atoms with E-state index in [0.29, 0.717) is 5.92 Å². The molecule has 3 N–H and O–H groups in total. The highest BCUT2D eigenvalue weighted by Gasteiger charge is 2.43. The van der Waals surface area contributed by atoms with Gasteiger partial charge in [0.1, 0.15) is 11.5 Å². The lowest BCUT2D eigenvalue weighted by Gasteiger charge is -2.45. The van der Waals surface area contributed by atoms with E-state index in [1.807, 2.05) is 24.3 Å². The van der Waals surface area contributed by atoms with Crippen molar-refractivity contribution in [3.8, 4) is 5.75 Å². The third-order valence-electron chi connectivity index (χ3n) is 7.30. The van der Waals surface area contributed by atoms with Crippen LogP contribution in [0.5, 0.6) is 5.75 Å². The van der Waals surface area contributed by atoms with Crippen LogP contribution in [0.15, 0.2) is 47.8 Å². The summed E-state index contributed by atoms with van der Waals surface area (Å²) in [5.74, 6) is 0.593. The first-order valence-electron chi connectivity index (χ1n) is 11.6. The van der Waals surface area contributed by atoms with Crippen molar-refractivity contribution in [3.05, 3.63) is 75.8 Å². The lowest BCUT2D eigenvalue weighted by molar-refractivity contribution is 0.221. The van der Waals surface area contributed by atoms with Gasteiger partial charge in [0, 0.05) is 11.3 Å². The molecule has 1 fully saturated rings. The van der Waals surface area contributed by atoms with E-state index in [9.17, 15) is 9.79 Å². The molecule has 5 rings (SSSR count). The van der Waals surface area contributed by atoms with Crippen LogP contribution in [0.3, 0.4) is 0 Å². The molecule has 5 nitrogen and oxygen atoms in total. The number of aryl methyl sites for hydroxylation is 2. The molecule has 0 aliphatic heterocycles. The van der Waals surface area contributed by atoms with Crippen molar-refractivity contribution in [2.45, 2.75) is 62.6 Å². The number of hydrogen-bond acceptors (Lipinski definition) is 6. The molecule has 0 amide bonds. The topological polar surface area (TPSA) is 74.6 Å². The zero-order chi connectivity index (χ0) is 23.0. The largest absolute Gasteiger partial charge is 0.497 e. The molecule has 0 saturated heterocycles. The Morgan fingerprint density at radius 1 is 1.09 bits per heavy atom. The van der Waals surface area contributed by atoms with Gasteiger partial charge in [-0.2, -0.15) is 0 Å². The van der Waals surface area contributed by atoms with Crippen molar-refractivity contribution in [2.75, 3.05) is 12.4 Å². The molecule has 1 atom stereocenters. The Morgan fingerprint density at radius 2 is 1.82 bits per heavy atom. The van der Waals surface area contributed by atoms with E-state index in [-0.39, 0.29) is 5.41 Å². The normalized spacial score (nSPS) is 23.0. The minimum Gasteiger partial charge on any atom is -0.497 e. The molecule has 1 heterocycles. The zero-order valence-corrected chi connectivity index (χ0v) is 20.8. The van der Waals surface area contributed by atoms with Gasteiger partial charge in [-0.15, -0.1) is 11.3 Å². The summed E-state index contributed by atoms with van der Waals surface area (Å²) in [6.07, 6.45) is 7.28. The van der Waals surface area contributed by atoms with Gasteiger partial charge in [-0.25, -0.2) is 4.98 Å². The Hall–Kier alpha value is -1.98. The molecule has 0 bridgehead atoms. The maximum atomic E-state index is 10.0. The Kier molecular flexibility index (Phi) is 6.45. The Labute approximate surface area is 200 Å². The van der Waals surface area contributed by atoms with Crippen molar-refractivity contribution in [1.29, 1.82) is 0 Å². The molecule has 2 aliphatic rings. The van der Waals surface area contributed by atoms with Crippen LogP contribution in [0.1, 0.15) is 72.3 Å². The number of hydrogen-bond donors (Lipinski definition) is 3. The van der Waals surface area contributed by atoms with E-state index in [4.69, 9.17) is 9.72 Å². The van der Waals surface area contributed by atoms with E-state index in [2.05, 4.69) is 35.8 Å². The van der Waals surface area contributed by atoms with Crippen LogP contribution in [-0.2, 0) is 18.3 Å². The number of rotatable bonds is 7. The number of nitrogens with one attached hydrogen (secondary N) is 1. The van der Waals surface area contributed by atoms with Crippen LogP contribution >= 0.6 is 19.7 Å². The molecular weight excluding hydrogens is 451 g/mol. The standard InChI is InChI=1S/C26H31N2O3PS/c1-26(21-10-7-17-5-3-4-6-19(17)13-21)14-20(15-26)23-16-33-25(27-23)28-24(32(29)30)18-8-11-22(31-2)12-9-18/h7-13,16,20,24,29-30H,3-6,14-15H2,1-2H3,(H,27,28). The van der Waals surface area contributed by atoms with Crippen LogP contribution in [0.25, 0.3) is 0 Å². The number of aromatic nitrogens is 1. The molecule has 0 spiro atoms. The zero-order valence-electron chi connectivity index (χ0n) is 19.1. The Balaban J connectivity index is 1.25. The molecule has 33 heavy (non-hydrogen) atoms. The average molecular weight is 483 g/mol. The van der Waals surface area contributed by atoms with E-state index in [1.165, 1.54) is 42.6 Å². The summed E-state index contributed by atoms with van der Waals surface area (Å²) in [6.45, 7) is 2.38. The van der Waals surface area contributed by atoms with Crippen LogP contribution in [0.4, 0.5) is 5.13 Å². The maximum absolute atomic E-state index is 10.0. The third kappa shape index (κ3) is 4.67. The second kappa shape index (κ2) is 9.34.